The van der Waals surface area contributed by atoms with E-state index >= 15 is 0 Å². The lowest BCUT2D eigenvalue weighted by molar-refractivity contribution is 0.109. The van der Waals surface area contributed by atoms with Gasteiger partial charge < -0.3 is 17.7 Å². The van der Waals surface area contributed by atoms with Gasteiger partial charge in [0.2, 0.25) is 0 Å². The van der Waals surface area contributed by atoms with Crippen LogP contribution in [0.3, 0.4) is 0 Å². The van der Waals surface area contributed by atoms with Crippen LogP contribution in [0.1, 0.15) is 41.5 Å². The van der Waals surface area contributed by atoms with E-state index in [4.69, 9.17) is 17.7 Å². The van der Waals surface area contributed by atoms with E-state index in [1.165, 1.54) is 0 Å². The fourth-order valence-corrected chi connectivity index (χ4v) is 8.99. The third-order valence-corrected chi connectivity index (χ3v) is 9.86. The lowest BCUT2D eigenvalue weighted by atomic mass is 10.5. The van der Waals surface area contributed by atoms with Gasteiger partial charge in [-0.1, -0.05) is 0 Å². The zero-order valence-electron chi connectivity index (χ0n) is 13.0. The van der Waals surface area contributed by atoms with Crippen LogP contribution in [-0.4, -0.2) is 43.3 Å². The fraction of sp³-hybridized carbons (Fsp3) is 1.00. The molecule has 0 aliphatic heterocycles. The average Bonchev–Trinajstić information content (AvgIpc) is 2.14. The highest BCUT2D eigenvalue weighted by molar-refractivity contribution is 6.77. The van der Waals surface area contributed by atoms with Crippen molar-refractivity contribution in [1.29, 1.82) is 0 Å². The highest BCUT2D eigenvalue weighted by atomic mass is 28.4. The van der Waals surface area contributed by atoms with Gasteiger partial charge in [0.05, 0.1) is 0 Å². The van der Waals surface area contributed by atoms with Gasteiger partial charge in [-0.25, -0.2) is 0 Å². The Morgan fingerprint density at radius 2 is 1.28 bits per heavy atom. The van der Waals surface area contributed by atoms with Crippen molar-refractivity contribution in [2.75, 3.05) is 13.2 Å². The molecular weight excluding hydrogens is 264 g/mol. The van der Waals surface area contributed by atoms with Crippen molar-refractivity contribution in [3.63, 3.8) is 0 Å². The normalized spacial score (nSPS) is 13.0. The van der Waals surface area contributed by atoms with Crippen molar-refractivity contribution >= 4 is 17.8 Å². The van der Waals surface area contributed by atoms with E-state index in [1.807, 2.05) is 41.5 Å². The maximum Gasteiger partial charge on any atom is 0.337 e. The molecule has 0 amide bonds. The van der Waals surface area contributed by atoms with Crippen LogP contribution in [0.4, 0.5) is 0 Å². The average molecular weight is 295 g/mol. The molecule has 0 radical (unpaired) electrons. The van der Waals surface area contributed by atoms with Gasteiger partial charge in [-0.3, -0.25) is 0 Å². The van der Waals surface area contributed by atoms with Crippen molar-refractivity contribution < 1.29 is 17.7 Å². The predicted molar refractivity (Wildman–Crippen MR) is 79.3 cm³/mol. The maximum atomic E-state index is 6.06. The summed E-state index contributed by atoms with van der Waals surface area (Å²) in [5.74, 6) is 0. The minimum absolute atomic E-state index is 0.179. The Morgan fingerprint density at radius 3 is 1.56 bits per heavy atom. The summed E-state index contributed by atoms with van der Waals surface area (Å²) in [6.07, 6.45) is 0.358. The molecule has 18 heavy (non-hydrogen) atoms. The van der Waals surface area contributed by atoms with Crippen molar-refractivity contribution in [1.82, 2.24) is 0 Å². The molecule has 4 nitrogen and oxygen atoms in total. The summed E-state index contributed by atoms with van der Waals surface area (Å²) in [4.78, 5) is 0. The molecule has 6 heteroatoms. The molecule has 0 rings (SSSR count). The van der Waals surface area contributed by atoms with Gasteiger partial charge in [0.15, 0.2) is 0 Å². The summed E-state index contributed by atoms with van der Waals surface area (Å²) < 4.78 is 23.6. The molecule has 0 saturated carbocycles. The first-order valence-electron chi connectivity index (χ1n) is 6.91. The molecule has 0 aromatic carbocycles. The Kier molecular flexibility index (Phi) is 9.36. The molecule has 0 aromatic heterocycles. The largest absolute Gasteiger partial charge is 0.397 e. The first-order valence-corrected chi connectivity index (χ1v) is 11.2. The lowest BCUT2D eigenvalue weighted by Gasteiger charge is -2.32. The molecule has 0 unspecified atom stereocenters. The summed E-state index contributed by atoms with van der Waals surface area (Å²) in [5.41, 5.74) is 0.838. The molecule has 0 aliphatic carbocycles. The summed E-state index contributed by atoms with van der Waals surface area (Å²) in [7, 11) is -3.87. The number of rotatable bonds is 10. The fourth-order valence-electron chi connectivity index (χ4n) is 1.96. The molecule has 0 fully saturated rings. The minimum Gasteiger partial charge on any atom is -0.397 e. The number of hydrogen-bond donors (Lipinski definition) is 0. The summed E-state index contributed by atoms with van der Waals surface area (Å²) in [5, 5.41) is 0. The van der Waals surface area contributed by atoms with Gasteiger partial charge in [-0.05, 0) is 48.1 Å². The third kappa shape index (κ3) is 8.39. The molecular formula is C12H30O4Si2. The van der Waals surface area contributed by atoms with Gasteiger partial charge in [-0.15, -0.1) is 0 Å². The van der Waals surface area contributed by atoms with E-state index in [0.29, 0.717) is 13.2 Å². The SMILES string of the molecule is CCO[SiH](C[Si](C)(OC(C)C)OC(C)C)OCC. The third-order valence-electron chi connectivity index (χ3n) is 2.21. The van der Waals surface area contributed by atoms with Crippen LogP contribution in [0.25, 0.3) is 0 Å². The van der Waals surface area contributed by atoms with Gasteiger partial charge in [0, 0.05) is 31.1 Å². The second kappa shape index (κ2) is 9.22. The van der Waals surface area contributed by atoms with Crippen molar-refractivity contribution in [2.45, 2.75) is 66.0 Å². The molecule has 110 valence electrons. The Labute approximate surface area is 115 Å². The molecule has 0 aromatic rings. The van der Waals surface area contributed by atoms with Crippen LogP contribution in [0.2, 0.25) is 12.2 Å². The molecule has 0 saturated heterocycles. The van der Waals surface area contributed by atoms with Crippen molar-refractivity contribution in [2.24, 2.45) is 0 Å². The topological polar surface area (TPSA) is 36.9 Å². The molecule has 0 aliphatic rings. The van der Waals surface area contributed by atoms with Crippen LogP contribution in [-0.2, 0) is 17.7 Å². The molecule has 0 spiro atoms. The number of hydrogen-bond acceptors (Lipinski definition) is 4. The van der Waals surface area contributed by atoms with Crippen molar-refractivity contribution in [3.05, 3.63) is 0 Å². The highest BCUT2D eigenvalue weighted by Crippen LogP contribution is 2.20. The molecule has 0 N–H and O–H groups in total. The Bertz CT molecular complexity index is 196. The van der Waals surface area contributed by atoms with Crippen LogP contribution < -0.4 is 0 Å². The van der Waals surface area contributed by atoms with Gasteiger partial charge in [0.25, 0.3) is 0 Å². The van der Waals surface area contributed by atoms with Gasteiger partial charge in [-0.2, -0.15) is 0 Å². The van der Waals surface area contributed by atoms with E-state index in [-0.39, 0.29) is 12.2 Å². The Morgan fingerprint density at radius 1 is 0.889 bits per heavy atom. The zero-order valence-corrected chi connectivity index (χ0v) is 15.1. The van der Waals surface area contributed by atoms with E-state index in [1.54, 1.807) is 0 Å². The quantitative estimate of drug-likeness (QED) is 0.581. The van der Waals surface area contributed by atoms with Crippen LogP contribution in [0, 0.1) is 0 Å². The Balaban J connectivity index is 4.61. The first kappa shape index (κ1) is 18.3. The van der Waals surface area contributed by atoms with E-state index in [9.17, 15) is 0 Å². The smallest absolute Gasteiger partial charge is 0.337 e. The Hall–Kier alpha value is 0.274. The second-order valence-electron chi connectivity index (χ2n) is 5.01. The second-order valence-corrected chi connectivity index (χ2v) is 10.9. The monoisotopic (exact) mass is 294 g/mol. The van der Waals surface area contributed by atoms with Gasteiger partial charge in [0.1, 0.15) is 0 Å². The minimum atomic E-state index is -2.20. The summed E-state index contributed by atoms with van der Waals surface area (Å²) >= 11 is 0. The van der Waals surface area contributed by atoms with Crippen molar-refractivity contribution in [3.8, 4) is 0 Å². The van der Waals surface area contributed by atoms with Crippen LogP contribution in [0.5, 0.6) is 0 Å². The predicted octanol–water partition coefficient (Wildman–Crippen LogP) is 2.74. The summed E-state index contributed by atoms with van der Waals surface area (Å²) in [6.45, 7) is 15.7. The van der Waals surface area contributed by atoms with Crippen LogP contribution in [0.15, 0.2) is 0 Å². The standard InChI is InChI=1S/C12H30O4Si2/c1-8-13-17(14-9-2)10-18(7,15-11(3)4)16-12(5)6/h11-12,17H,8-10H2,1-7H3. The van der Waals surface area contributed by atoms with E-state index in [2.05, 4.69) is 6.55 Å². The first-order chi connectivity index (χ1) is 8.33. The van der Waals surface area contributed by atoms with Gasteiger partial charge >= 0.3 is 17.8 Å². The lowest BCUT2D eigenvalue weighted by Crippen LogP contribution is -2.48. The molecule has 0 heterocycles. The maximum absolute atomic E-state index is 6.06. The van der Waals surface area contributed by atoms with Crippen LogP contribution >= 0.6 is 0 Å². The summed E-state index contributed by atoms with van der Waals surface area (Å²) in [6, 6.07) is 0. The van der Waals surface area contributed by atoms with E-state index < -0.39 is 17.8 Å². The highest BCUT2D eigenvalue weighted by Gasteiger charge is 2.38. The molecule has 0 bridgehead atoms. The zero-order chi connectivity index (χ0) is 14.2. The van der Waals surface area contributed by atoms with E-state index in [0.717, 1.165) is 5.67 Å². The molecule has 0 atom stereocenters.